The van der Waals surface area contributed by atoms with Crippen LogP contribution in [0.4, 0.5) is 11.8 Å². The van der Waals surface area contributed by atoms with Crippen molar-refractivity contribution in [1.82, 2.24) is 9.97 Å². The second kappa shape index (κ2) is 6.27. The number of anilines is 2. The van der Waals surface area contributed by atoms with E-state index >= 15 is 0 Å². The van der Waals surface area contributed by atoms with E-state index in [1.54, 1.807) is 6.20 Å². The Morgan fingerprint density at radius 3 is 2.75 bits per heavy atom. The van der Waals surface area contributed by atoms with Crippen molar-refractivity contribution in [2.24, 2.45) is 0 Å². The minimum absolute atomic E-state index is 0.133. The van der Waals surface area contributed by atoms with Crippen molar-refractivity contribution in [1.29, 1.82) is 0 Å². The summed E-state index contributed by atoms with van der Waals surface area (Å²) in [5.74, 6) is 1.53. The SMILES string of the molecule is CCNc1ncc(C)c(N(CC)CCO)n1. The number of rotatable bonds is 6. The van der Waals surface area contributed by atoms with E-state index in [2.05, 4.69) is 15.3 Å². The molecule has 1 aromatic rings. The second-order valence-electron chi connectivity index (χ2n) is 3.53. The predicted molar refractivity (Wildman–Crippen MR) is 65.9 cm³/mol. The summed E-state index contributed by atoms with van der Waals surface area (Å²) < 4.78 is 0. The highest BCUT2D eigenvalue weighted by Gasteiger charge is 2.10. The smallest absolute Gasteiger partial charge is 0.224 e. The highest BCUT2D eigenvalue weighted by molar-refractivity contribution is 5.48. The van der Waals surface area contributed by atoms with Gasteiger partial charge in [0.2, 0.25) is 5.95 Å². The van der Waals surface area contributed by atoms with Crippen LogP contribution in [0.25, 0.3) is 0 Å². The molecule has 0 radical (unpaired) electrons. The summed E-state index contributed by atoms with van der Waals surface area (Å²) in [6.07, 6.45) is 1.81. The van der Waals surface area contributed by atoms with Crippen LogP contribution < -0.4 is 10.2 Å². The van der Waals surface area contributed by atoms with Crippen LogP contribution in [-0.4, -0.2) is 41.3 Å². The van der Waals surface area contributed by atoms with Crippen molar-refractivity contribution in [3.8, 4) is 0 Å². The third-order valence-electron chi connectivity index (χ3n) is 2.33. The highest BCUT2D eigenvalue weighted by Crippen LogP contribution is 2.17. The zero-order valence-electron chi connectivity index (χ0n) is 10.2. The molecule has 0 saturated carbocycles. The Bertz CT molecular complexity index is 330. The van der Waals surface area contributed by atoms with Gasteiger partial charge in [-0.3, -0.25) is 0 Å². The van der Waals surface area contributed by atoms with Gasteiger partial charge in [-0.1, -0.05) is 0 Å². The maximum Gasteiger partial charge on any atom is 0.224 e. The second-order valence-corrected chi connectivity index (χ2v) is 3.53. The third kappa shape index (κ3) is 3.06. The zero-order valence-corrected chi connectivity index (χ0v) is 10.2. The largest absolute Gasteiger partial charge is 0.395 e. The van der Waals surface area contributed by atoms with Gasteiger partial charge in [0.25, 0.3) is 0 Å². The standard InChI is InChI=1S/C11H20N4O/c1-4-12-11-13-8-9(3)10(14-11)15(5-2)6-7-16/h8,16H,4-7H2,1-3H3,(H,12,13,14). The number of nitrogens with zero attached hydrogens (tertiary/aromatic N) is 3. The number of aliphatic hydroxyl groups excluding tert-OH is 1. The maximum absolute atomic E-state index is 8.99. The van der Waals surface area contributed by atoms with Crippen molar-refractivity contribution in [2.45, 2.75) is 20.8 Å². The summed E-state index contributed by atoms with van der Waals surface area (Å²) in [4.78, 5) is 10.7. The average Bonchev–Trinajstić information content (AvgIpc) is 2.29. The van der Waals surface area contributed by atoms with Gasteiger partial charge in [-0.2, -0.15) is 4.98 Å². The number of aryl methyl sites for hydroxylation is 1. The average molecular weight is 224 g/mol. The number of aromatic nitrogens is 2. The summed E-state index contributed by atoms with van der Waals surface area (Å²) in [6, 6.07) is 0. The minimum atomic E-state index is 0.133. The van der Waals surface area contributed by atoms with Gasteiger partial charge in [0.15, 0.2) is 0 Å². The molecular weight excluding hydrogens is 204 g/mol. The van der Waals surface area contributed by atoms with Crippen molar-refractivity contribution in [3.05, 3.63) is 11.8 Å². The van der Waals surface area contributed by atoms with Gasteiger partial charge in [0, 0.05) is 31.4 Å². The molecule has 0 bridgehead atoms. The van der Waals surface area contributed by atoms with E-state index in [1.165, 1.54) is 0 Å². The topological polar surface area (TPSA) is 61.3 Å². The molecule has 0 aliphatic rings. The molecule has 0 spiro atoms. The fourth-order valence-corrected chi connectivity index (χ4v) is 1.53. The Labute approximate surface area is 96.5 Å². The van der Waals surface area contributed by atoms with Crippen molar-refractivity contribution >= 4 is 11.8 Å². The lowest BCUT2D eigenvalue weighted by Crippen LogP contribution is -2.28. The van der Waals surface area contributed by atoms with E-state index < -0.39 is 0 Å². The lowest BCUT2D eigenvalue weighted by Gasteiger charge is -2.22. The quantitative estimate of drug-likeness (QED) is 0.756. The van der Waals surface area contributed by atoms with E-state index in [-0.39, 0.29) is 6.61 Å². The Kier molecular flexibility index (Phi) is 4.98. The van der Waals surface area contributed by atoms with Crippen LogP contribution in [0.3, 0.4) is 0 Å². The summed E-state index contributed by atoms with van der Waals surface area (Å²) >= 11 is 0. The Morgan fingerprint density at radius 1 is 1.44 bits per heavy atom. The van der Waals surface area contributed by atoms with Gasteiger partial charge in [-0.05, 0) is 20.8 Å². The van der Waals surface area contributed by atoms with E-state index in [9.17, 15) is 0 Å². The molecule has 0 fully saturated rings. The van der Waals surface area contributed by atoms with Gasteiger partial charge in [-0.25, -0.2) is 4.98 Å². The molecular formula is C11H20N4O. The van der Waals surface area contributed by atoms with Gasteiger partial charge >= 0.3 is 0 Å². The molecule has 2 N–H and O–H groups in total. The molecule has 1 rings (SSSR count). The van der Waals surface area contributed by atoms with Crippen LogP contribution in [0.5, 0.6) is 0 Å². The third-order valence-corrected chi connectivity index (χ3v) is 2.33. The minimum Gasteiger partial charge on any atom is -0.395 e. The van der Waals surface area contributed by atoms with Crippen LogP contribution in [0.15, 0.2) is 6.20 Å². The first-order valence-corrected chi connectivity index (χ1v) is 5.66. The van der Waals surface area contributed by atoms with E-state index in [1.807, 2.05) is 25.7 Å². The fourth-order valence-electron chi connectivity index (χ4n) is 1.53. The highest BCUT2D eigenvalue weighted by atomic mass is 16.3. The molecule has 0 amide bonds. The molecule has 0 aliphatic carbocycles. The van der Waals surface area contributed by atoms with Gasteiger partial charge < -0.3 is 15.3 Å². The number of hydrogen-bond acceptors (Lipinski definition) is 5. The molecule has 0 aromatic carbocycles. The van der Waals surface area contributed by atoms with Crippen LogP contribution in [-0.2, 0) is 0 Å². The first-order valence-electron chi connectivity index (χ1n) is 5.66. The summed E-state index contributed by atoms with van der Waals surface area (Å²) in [5, 5.41) is 12.1. The Hall–Kier alpha value is -1.36. The fraction of sp³-hybridized carbons (Fsp3) is 0.636. The molecule has 0 aliphatic heterocycles. The van der Waals surface area contributed by atoms with Gasteiger partial charge in [0.1, 0.15) is 5.82 Å². The van der Waals surface area contributed by atoms with Crippen molar-refractivity contribution in [3.63, 3.8) is 0 Å². The molecule has 5 nitrogen and oxygen atoms in total. The summed E-state index contributed by atoms with van der Waals surface area (Å²) in [7, 11) is 0. The van der Waals surface area contributed by atoms with E-state index in [0.29, 0.717) is 12.5 Å². The van der Waals surface area contributed by atoms with Gasteiger partial charge in [-0.15, -0.1) is 0 Å². The van der Waals surface area contributed by atoms with E-state index in [4.69, 9.17) is 5.11 Å². The van der Waals surface area contributed by atoms with Crippen molar-refractivity contribution in [2.75, 3.05) is 36.5 Å². The van der Waals surface area contributed by atoms with Crippen molar-refractivity contribution < 1.29 is 5.11 Å². The lowest BCUT2D eigenvalue weighted by molar-refractivity contribution is 0.302. The monoisotopic (exact) mass is 224 g/mol. The van der Waals surface area contributed by atoms with Crippen LogP contribution in [0.2, 0.25) is 0 Å². The van der Waals surface area contributed by atoms with Gasteiger partial charge in [0.05, 0.1) is 6.61 Å². The Morgan fingerprint density at radius 2 is 2.19 bits per heavy atom. The maximum atomic E-state index is 8.99. The number of nitrogens with one attached hydrogen (secondary N) is 1. The predicted octanol–water partition coefficient (Wildman–Crippen LogP) is 1.04. The van der Waals surface area contributed by atoms with Crippen LogP contribution in [0.1, 0.15) is 19.4 Å². The van der Waals surface area contributed by atoms with Crippen LogP contribution in [0, 0.1) is 6.92 Å². The number of aliphatic hydroxyl groups is 1. The number of hydrogen-bond donors (Lipinski definition) is 2. The molecule has 90 valence electrons. The van der Waals surface area contributed by atoms with E-state index in [0.717, 1.165) is 24.5 Å². The lowest BCUT2D eigenvalue weighted by atomic mass is 10.3. The molecule has 1 heterocycles. The summed E-state index contributed by atoms with van der Waals surface area (Å²) in [5.41, 5.74) is 1.02. The zero-order chi connectivity index (χ0) is 12.0. The Balaban J connectivity index is 2.94. The van der Waals surface area contributed by atoms with Crippen LogP contribution >= 0.6 is 0 Å². The number of likely N-dealkylation sites (N-methyl/N-ethyl adjacent to an activating group) is 1. The molecule has 16 heavy (non-hydrogen) atoms. The first-order chi connectivity index (χ1) is 7.72. The molecule has 0 saturated heterocycles. The first kappa shape index (κ1) is 12.7. The molecule has 0 unspecified atom stereocenters. The normalized spacial score (nSPS) is 10.2. The molecule has 0 atom stereocenters. The molecule has 5 heteroatoms. The summed E-state index contributed by atoms with van der Waals surface area (Å²) in [6.45, 7) is 8.38. The molecule has 1 aromatic heterocycles.